The van der Waals surface area contributed by atoms with Crippen molar-refractivity contribution in [3.05, 3.63) is 24.2 Å². The molecule has 1 aromatic rings. The van der Waals surface area contributed by atoms with Crippen LogP contribution in [0.25, 0.3) is 0 Å². The first-order chi connectivity index (χ1) is 6.86. The predicted octanol–water partition coefficient (Wildman–Crippen LogP) is 1.08. The normalized spacial score (nSPS) is 13.0. The lowest BCUT2D eigenvalue weighted by molar-refractivity contribution is 0.188. The van der Waals surface area contributed by atoms with Gasteiger partial charge in [-0.05, 0) is 25.0 Å². The maximum Gasteiger partial charge on any atom is 0.105 e. The largest absolute Gasteiger partial charge is 0.469 e. The van der Waals surface area contributed by atoms with Crippen molar-refractivity contribution in [2.75, 3.05) is 13.7 Å². The van der Waals surface area contributed by atoms with Crippen LogP contribution in [-0.2, 0) is 11.2 Å². The van der Waals surface area contributed by atoms with Gasteiger partial charge in [0.2, 0.25) is 0 Å². The van der Waals surface area contributed by atoms with Gasteiger partial charge in [0.1, 0.15) is 5.76 Å². The van der Waals surface area contributed by atoms with Crippen LogP contribution in [0.5, 0.6) is 0 Å². The van der Waals surface area contributed by atoms with E-state index in [1.807, 2.05) is 12.1 Å². The summed E-state index contributed by atoms with van der Waals surface area (Å²) in [6.45, 7) is 0.774. The Morgan fingerprint density at radius 2 is 2.50 bits per heavy atom. The number of rotatable bonds is 7. The maximum absolute atomic E-state index is 5.44. The number of hydrazine groups is 1. The van der Waals surface area contributed by atoms with E-state index >= 15 is 0 Å². The molecule has 0 saturated heterocycles. The van der Waals surface area contributed by atoms with Gasteiger partial charge in [-0.3, -0.25) is 11.3 Å². The summed E-state index contributed by atoms with van der Waals surface area (Å²) in [6, 6.07) is 4.11. The predicted molar refractivity (Wildman–Crippen MR) is 54.6 cm³/mol. The maximum atomic E-state index is 5.44. The minimum Gasteiger partial charge on any atom is -0.469 e. The van der Waals surface area contributed by atoms with Crippen LogP contribution in [0.4, 0.5) is 0 Å². The van der Waals surface area contributed by atoms with E-state index in [1.165, 1.54) is 0 Å². The van der Waals surface area contributed by atoms with Crippen molar-refractivity contribution in [3.8, 4) is 0 Å². The van der Waals surface area contributed by atoms with Gasteiger partial charge in [0.05, 0.1) is 6.26 Å². The third kappa shape index (κ3) is 3.91. The summed E-state index contributed by atoms with van der Waals surface area (Å²) in [5.74, 6) is 6.40. The molecule has 1 aromatic heterocycles. The monoisotopic (exact) mass is 198 g/mol. The Balaban J connectivity index is 2.24. The standard InChI is InChI=1S/C10H18N2O2/c1-13-6-2-4-9(12-11)8-10-5-3-7-14-10/h3,5,7,9,12H,2,4,6,8,11H2,1H3. The Hall–Kier alpha value is -0.840. The van der Waals surface area contributed by atoms with Crippen LogP contribution in [0, 0.1) is 0 Å². The minimum atomic E-state index is 0.260. The van der Waals surface area contributed by atoms with Crippen molar-refractivity contribution in [3.63, 3.8) is 0 Å². The molecule has 80 valence electrons. The van der Waals surface area contributed by atoms with E-state index in [9.17, 15) is 0 Å². The van der Waals surface area contributed by atoms with E-state index in [-0.39, 0.29) is 6.04 Å². The second kappa shape index (κ2) is 6.59. The van der Waals surface area contributed by atoms with Crippen LogP contribution < -0.4 is 11.3 Å². The average molecular weight is 198 g/mol. The van der Waals surface area contributed by atoms with Crippen molar-refractivity contribution in [1.82, 2.24) is 5.43 Å². The highest BCUT2D eigenvalue weighted by Crippen LogP contribution is 2.07. The fourth-order valence-corrected chi connectivity index (χ4v) is 1.39. The Bertz CT molecular complexity index is 224. The van der Waals surface area contributed by atoms with Gasteiger partial charge >= 0.3 is 0 Å². The zero-order valence-corrected chi connectivity index (χ0v) is 8.53. The number of nitrogens with two attached hydrogens (primary N) is 1. The van der Waals surface area contributed by atoms with Gasteiger partial charge in [0, 0.05) is 26.2 Å². The van der Waals surface area contributed by atoms with Crippen molar-refractivity contribution in [2.45, 2.75) is 25.3 Å². The van der Waals surface area contributed by atoms with Crippen molar-refractivity contribution >= 4 is 0 Å². The summed E-state index contributed by atoms with van der Waals surface area (Å²) < 4.78 is 10.2. The molecule has 0 aliphatic rings. The van der Waals surface area contributed by atoms with Crippen LogP contribution >= 0.6 is 0 Å². The molecule has 0 radical (unpaired) electrons. The van der Waals surface area contributed by atoms with Gasteiger partial charge in [-0.15, -0.1) is 0 Å². The molecule has 3 N–H and O–H groups in total. The molecule has 0 spiro atoms. The highest BCUT2D eigenvalue weighted by atomic mass is 16.5. The van der Waals surface area contributed by atoms with Crippen molar-refractivity contribution in [2.24, 2.45) is 5.84 Å². The fourth-order valence-electron chi connectivity index (χ4n) is 1.39. The SMILES string of the molecule is COCCCC(Cc1ccco1)NN. The Kier molecular flexibility index (Phi) is 5.29. The van der Waals surface area contributed by atoms with Gasteiger partial charge < -0.3 is 9.15 Å². The molecule has 1 rings (SSSR count). The zero-order chi connectivity index (χ0) is 10.2. The van der Waals surface area contributed by atoms with E-state index in [4.69, 9.17) is 15.0 Å². The van der Waals surface area contributed by atoms with Crippen LogP contribution in [0.3, 0.4) is 0 Å². The molecule has 4 nitrogen and oxygen atoms in total. The van der Waals surface area contributed by atoms with E-state index in [1.54, 1.807) is 13.4 Å². The van der Waals surface area contributed by atoms with Crippen molar-refractivity contribution in [1.29, 1.82) is 0 Å². The summed E-state index contributed by atoms with van der Waals surface area (Å²) in [5.41, 5.74) is 2.78. The second-order valence-corrected chi connectivity index (χ2v) is 3.28. The highest BCUT2D eigenvalue weighted by molar-refractivity contribution is 5.00. The van der Waals surface area contributed by atoms with Gasteiger partial charge in [0.25, 0.3) is 0 Å². The number of furan rings is 1. The Morgan fingerprint density at radius 1 is 1.64 bits per heavy atom. The molecule has 4 heteroatoms. The summed E-state index contributed by atoms with van der Waals surface area (Å²) in [6.07, 6.45) is 4.50. The van der Waals surface area contributed by atoms with Crippen LogP contribution in [0.1, 0.15) is 18.6 Å². The molecule has 1 atom stereocenters. The van der Waals surface area contributed by atoms with Gasteiger partial charge in [-0.1, -0.05) is 0 Å². The average Bonchev–Trinajstić information content (AvgIpc) is 2.69. The Labute approximate surface area is 84.4 Å². The molecule has 0 aliphatic heterocycles. The lowest BCUT2D eigenvalue weighted by Crippen LogP contribution is -2.36. The molecule has 0 amide bonds. The summed E-state index contributed by atoms with van der Waals surface area (Å²) in [7, 11) is 1.71. The van der Waals surface area contributed by atoms with Crippen LogP contribution in [0.2, 0.25) is 0 Å². The first-order valence-electron chi connectivity index (χ1n) is 4.84. The smallest absolute Gasteiger partial charge is 0.105 e. The van der Waals surface area contributed by atoms with E-state index in [2.05, 4.69) is 5.43 Å². The van der Waals surface area contributed by atoms with Crippen LogP contribution in [-0.4, -0.2) is 19.8 Å². The number of hydrogen-bond donors (Lipinski definition) is 2. The lowest BCUT2D eigenvalue weighted by Gasteiger charge is -2.13. The zero-order valence-electron chi connectivity index (χ0n) is 8.53. The third-order valence-corrected chi connectivity index (χ3v) is 2.16. The number of ether oxygens (including phenoxy) is 1. The molecule has 14 heavy (non-hydrogen) atoms. The minimum absolute atomic E-state index is 0.260. The van der Waals surface area contributed by atoms with Gasteiger partial charge in [-0.25, -0.2) is 0 Å². The lowest BCUT2D eigenvalue weighted by atomic mass is 10.1. The summed E-state index contributed by atoms with van der Waals surface area (Å²) in [4.78, 5) is 0. The first kappa shape index (κ1) is 11.2. The molecule has 0 aliphatic carbocycles. The molecule has 0 bridgehead atoms. The number of hydrogen-bond acceptors (Lipinski definition) is 4. The number of methoxy groups -OCH3 is 1. The van der Waals surface area contributed by atoms with Crippen molar-refractivity contribution < 1.29 is 9.15 Å². The quantitative estimate of drug-likeness (QED) is 0.391. The van der Waals surface area contributed by atoms with Gasteiger partial charge in [0.15, 0.2) is 0 Å². The molecular formula is C10H18N2O2. The number of nitrogens with one attached hydrogen (secondary N) is 1. The fraction of sp³-hybridized carbons (Fsp3) is 0.600. The van der Waals surface area contributed by atoms with Gasteiger partial charge in [-0.2, -0.15) is 0 Å². The summed E-state index contributed by atoms with van der Waals surface area (Å²) in [5, 5.41) is 0. The topological polar surface area (TPSA) is 60.4 Å². The summed E-state index contributed by atoms with van der Waals surface area (Å²) >= 11 is 0. The van der Waals surface area contributed by atoms with E-state index in [0.29, 0.717) is 0 Å². The second-order valence-electron chi connectivity index (χ2n) is 3.28. The molecular weight excluding hydrogens is 180 g/mol. The molecule has 0 fully saturated rings. The van der Waals surface area contributed by atoms with E-state index in [0.717, 1.165) is 31.6 Å². The third-order valence-electron chi connectivity index (χ3n) is 2.16. The Morgan fingerprint density at radius 3 is 3.07 bits per heavy atom. The first-order valence-corrected chi connectivity index (χ1v) is 4.84. The molecule has 1 heterocycles. The van der Waals surface area contributed by atoms with E-state index < -0.39 is 0 Å². The highest BCUT2D eigenvalue weighted by Gasteiger charge is 2.08. The molecule has 0 aromatic carbocycles. The van der Waals surface area contributed by atoms with Crippen LogP contribution in [0.15, 0.2) is 22.8 Å². The molecule has 0 saturated carbocycles. The molecule has 1 unspecified atom stereocenters.